The van der Waals surface area contributed by atoms with E-state index in [0.29, 0.717) is 10.8 Å². The van der Waals surface area contributed by atoms with Crippen molar-refractivity contribution in [3.8, 4) is 16.9 Å². The molecule has 0 radical (unpaired) electrons. The minimum Gasteiger partial charge on any atom is -0.486 e. The van der Waals surface area contributed by atoms with E-state index in [0.717, 1.165) is 11.1 Å². The maximum Gasteiger partial charge on any atom is 0.138 e. The highest BCUT2D eigenvalue weighted by atomic mass is 35.5. The average molecular weight is 277 g/mol. The maximum absolute atomic E-state index is 9.44. The van der Waals surface area contributed by atoms with Gasteiger partial charge in [0.2, 0.25) is 0 Å². The second-order valence-electron chi connectivity index (χ2n) is 4.57. The van der Waals surface area contributed by atoms with Crippen LogP contribution in [-0.4, -0.2) is 17.3 Å². The highest BCUT2D eigenvalue weighted by molar-refractivity contribution is 6.32. The van der Waals surface area contributed by atoms with Crippen LogP contribution in [0.3, 0.4) is 0 Å². The Morgan fingerprint density at radius 2 is 1.68 bits per heavy atom. The number of hydrogen-bond acceptors (Lipinski definition) is 2. The molecule has 0 aliphatic heterocycles. The molecule has 0 amide bonds. The highest BCUT2D eigenvalue weighted by Gasteiger charge is 2.12. The van der Waals surface area contributed by atoms with Gasteiger partial charge in [0, 0.05) is 0 Å². The summed E-state index contributed by atoms with van der Waals surface area (Å²) >= 11 is 6.22. The van der Waals surface area contributed by atoms with Crippen LogP contribution in [0.2, 0.25) is 5.02 Å². The van der Waals surface area contributed by atoms with Crippen molar-refractivity contribution < 1.29 is 9.84 Å². The Hall–Kier alpha value is -1.51. The van der Waals surface area contributed by atoms with E-state index >= 15 is 0 Å². The van der Waals surface area contributed by atoms with Crippen LogP contribution in [0.4, 0.5) is 0 Å². The Morgan fingerprint density at radius 3 is 2.26 bits per heavy atom. The van der Waals surface area contributed by atoms with Crippen LogP contribution < -0.4 is 4.74 Å². The Labute approximate surface area is 118 Å². The normalized spacial score (nSPS) is 13.9. The Kier molecular flexibility index (Phi) is 4.46. The minimum absolute atomic E-state index is 0.292. The van der Waals surface area contributed by atoms with Gasteiger partial charge in [-0.05, 0) is 37.1 Å². The first-order chi connectivity index (χ1) is 9.08. The molecule has 2 unspecified atom stereocenters. The molecule has 2 rings (SSSR count). The molecular formula is C16H17ClO2. The van der Waals surface area contributed by atoms with Crippen molar-refractivity contribution in [3.05, 3.63) is 53.6 Å². The molecule has 2 aromatic rings. The third kappa shape index (κ3) is 3.49. The molecule has 2 nitrogen and oxygen atoms in total. The number of hydrogen-bond donors (Lipinski definition) is 1. The molecular weight excluding hydrogens is 260 g/mol. The summed E-state index contributed by atoms with van der Waals surface area (Å²) in [7, 11) is 0. The van der Waals surface area contributed by atoms with Gasteiger partial charge in [0.1, 0.15) is 11.9 Å². The molecule has 0 fully saturated rings. The van der Waals surface area contributed by atoms with Crippen LogP contribution in [0.15, 0.2) is 48.5 Å². The van der Waals surface area contributed by atoms with Gasteiger partial charge < -0.3 is 9.84 Å². The molecule has 0 aliphatic rings. The summed E-state index contributed by atoms with van der Waals surface area (Å²) < 4.78 is 5.62. The van der Waals surface area contributed by atoms with Crippen LogP contribution in [0.25, 0.3) is 11.1 Å². The summed E-state index contributed by atoms with van der Waals surface area (Å²) in [6.45, 7) is 3.50. The predicted octanol–water partition coefficient (Wildman–Crippen LogP) is 4.16. The van der Waals surface area contributed by atoms with Crippen molar-refractivity contribution in [2.45, 2.75) is 26.1 Å². The van der Waals surface area contributed by atoms with Crippen molar-refractivity contribution in [2.75, 3.05) is 0 Å². The fourth-order valence-corrected chi connectivity index (χ4v) is 1.93. The topological polar surface area (TPSA) is 29.5 Å². The average Bonchev–Trinajstić information content (AvgIpc) is 2.41. The van der Waals surface area contributed by atoms with Crippen molar-refractivity contribution in [1.82, 2.24) is 0 Å². The fourth-order valence-electron chi connectivity index (χ4n) is 1.71. The lowest BCUT2D eigenvalue weighted by molar-refractivity contribution is 0.0605. The third-order valence-corrected chi connectivity index (χ3v) is 3.33. The number of aliphatic hydroxyl groups is 1. The Morgan fingerprint density at radius 1 is 1.00 bits per heavy atom. The number of benzene rings is 2. The SMILES string of the molecule is CC(O)C(C)Oc1ccc(-c2ccccc2)cc1Cl. The summed E-state index contributed by atoms with van der Waals surface area (Å²) in [5, 5.41) is 9.99. The number of rotatable bonds is 4. The van der Waals surface area contributed by atoms with Gasteiger partial charge in [-0.2, -0.15) is 0 Å². The lowest BCUT2D eigenvalue weighted by atomic mass is 10.1. The second-order valence-corrected chi connectivity index (χ2v) is 4.98. The molecule has 1 N–H and O–H groups in total. The van der Waals surface area contributed by atoms with E-state index < -0.39 is 6.10 Å². The Balaban J connectivity index is 2.23. The highest BCUT2D eigenvalue weighted by Crippen LogP contribution is 2.31. The lowest BCUT2D eigenvalue weighted by Gasteiger charge is -2.18. The van der Waals surface area contributed by atoms with Gasteiger partial charge in [-0.15, -0.1) is 0 Å². The molecule has 2 atom stereocenters. The Bertz CT molecular complexity index is 538. The van der Waals surface area contributed by atoms with Crippen LogP contribution in [0.1, 0.15) is 13.8 Å². The molecule has 0 bridgehead atoms. The minimum atomic E-state index is -0.537. The molecule has 0 saturated heterocycles. The van der Waals surface area contributed by atoms with E-state index in [1.165, 1.54) is 0 Å². The van der Waals surface area contributed by atoms with Gasteiger partial charge in [0.15, 0.2) is 0 Å². The van der Waals surface area contributed by atoms with Gasteiger partial charge in [0.25, 0.3) is 0 Å². The van der Waals surface area contributed by atoms with Crippen molar-refractivity contribution >= 4 is 11.6 Å². The molecule has 0 saturated carbocycles. The van der Waals surface area contributed by atoms with E-state index in [2.05, 4.69) is 0 Å². The monoisotopic (exact) mass is 276 g/mol. The number of ether oxygens (including phenoxy) is 1. The van der Waals surface area contributed by atoms with Crippen molar-refractivity contribution in [3.63, 3.8) is 0 Å². The zero-order chi connectivity index (χ0) is 13.8. The predicted molar refractivity (Wildman–Crippen MR) is 78.7 cm³/mol. The largest absolute Gasteiger partial charge is 0.486 e. The van der Waals surface area contributed by atoms with Crippen LogP contribution >= 0.6 is 11.6 Å². The van der Waals surface area contributed by atoms with Gasteiger partial charge in [-0.1, -0.05) is 48.0 Å². The summed E-state index contributed by atoms with van der Waals surface area (Å²) in [4.78, 5) is 0. The molecule has 3 heteroatoms. The van der Waals surface area contributed by atoms with E-state index in [1.807, 2.05) is 55.5 Å². The fraction of sp³-hybridized carbons (Fsp3) is 0.250. The van der Waals surface area contributed by atoms with Crippen molar-refractivity contribution in [2.24, 2.45) is 0 Å². The number of aliphatic hydroxyl groups excluding tert-OH is 1. The van der Waals surface area contributed by atoms with Crippen LogP contribution in [0, 0.1) is 0 Å². The molecule has 0 spiro atoms. The summed E-state index contributed by atoms with van der Waals surface area (Å²) in [6, 6.07) is 15.7. The van der Waals surface area contributed by atoms with Gasteiger partial charge in [0.05, 0.1) is 11.1 Å². The maximum atomic E-state index is 9.44. The zero-order valence-corrected chi connectivity index (χ0v) is 11.8. The van der Waals surface area contributed by atoms with Gasteiger partial charge >= 0.3 is 0 Å². The summed E-state index contributed by atoms with van der Waals surface area (Å²) in [5.74, 6) is 0.592. The molecule has 0 aliphatic carbocycles. The summed E-state index contributed by atoms with van der Waals surface area (Å²) in [5.41, 5.74) is 2.15. The van der Waals surface area contributed by atoms with Crippen LogP contribution in [-0.2, 0) is 0 Å². The molecule has 2 aromatic carbocycles. The first-order valence-corrected chi connectivity index (χ1v) is 6.65. The standard InChI is InChI=1S/C16H17ClO2/c1-11(18)12(2)19-16-9-8-14(10-15(16)17)13-6-4-3-5-7-13/h3-12,18H,1-2H3. The summed E-state index contributed by atoms with van der Waals surface area (Å²) in [6.07, 6.45) is -0.829. The molecule has 0 heterocycles. The zero-order valence-electron chi connectivity index (χ0n) is 11.0. The van der Waals surface area contributed by atoms with E-state index in [9.17, 15) is 5.11 Å². The van der Waals surface area contributed by atoms with E-state index in [4.69, 9.17) is 16.3 Å². The quantitative estimate of drug-likeness (QED) is 0.909. The molecule has 0 aromatic heterocycles. The number of halogens is 1. The second kappa shape index (κ2) is 6.09. The molecule has 19 heavy (non-hydrogen) atoms. The van der Waals surface area contributed by atoms with E-state index in [1.54, 1.807) is 6.92 Å². The first-order valence-electron chi connectivity index (χ1n) is 6.27. The van der Waals surface area contributed by atoms with Gasteiger partial charge in [-0.3, -0.25) is 0 Å². The lowest BCUT2D eigenvalue weighted by Crippen LogP contribution is -2.25. The van der Waals surface area contributed by atoms with Crippen LogP contribution in [0.5, 0.6) is 5.75 Å². The third-order valence-electron chi connectivity index (χ3n) is 3.03. The van der Waals surface area contributed by atoms with E-state index in [-0.39, 0.29) is 6.10 Å². The first kappa shape index (κ1) is 13.9. The smallest absolute Gasteiger partial charge is 0.138 e. The molecule has 100 valence electrons. The van der Waals surface area contributed by atoms with Gasteiger partial charge in [-0.25, -0.2) is 0 Å². The van der Waals surface area contributed by atoms with Crippen molar-refractivity contribution in [1.29, 1.82) is 0 Å².